The number of aliphatic hydroxyl groups excluding tert-OH is 1. The van der Waals surface area contributed by atoms with E-state index in [1.54, 1.807) is 12.1 Å². The number of benzene rings is 1. The van der Waals surface area contributed by atoms with Crippen molar-refractivity contribution in [3.05, 3.63) is 29.8 Å². The summed E-state index contributed by atoms with van der Waals surface area (Å²) in [7, 11) is 0. The highest BCUT2D eigenvalue weighted by Crippen LogP contribution is 2.19. The summed E-state index contributed by atoms with van der Waals surface area (Å²) in [4.78, 5) is 0. The average molecular weight is 249 g/mol. The summed E-state index contributed by atoms with van der Waals surface area (Å²) >= 11 is 0. The van der Waals surface area contributed by atoms with Crippen LogP contribution >= 0.6 is 0 Å². The molecule has 3 atom stereocenters. The second kappa shape index (κ2) is 6.21. The summed E-state index contributed by atoms with van der Waals surface area (Å²) in [5.74, 6) is 0.307. The molecule has 3 unspecified atom stereocenters. The Labute approximate surface area is 109 Å². The van der Waals surface area contributed by atoms with E-state index < -0.39 is 0 Å². The zero-order valence-corrected chi connectivity index (χ0v) is 11.0. The van der Waals surface area contributed by atoms with Crippen molar-refractivity contribution < 1.29 is 10.2 Å². The lowest BCUT2D eigenvalue weighted by molar-refractivity contribution is 0.0859. The summed E-state index contributed by atoms with van der Waals surface area (Å²) in [6, 6.07) is 7.92. The topological polar surface area (TPSA) is 52.5 Å². The van der Waals surface area contributed by atoms with E-state index in [2.05, 4.69) is 12.2 Å². The lowest BCUT2D eigenvalue weighted by Crippen LogP contribution is -2.46. The van der Waals surface area contributed by atoms with Crippen LogP contribution in [0.2, 0.25) is 0 Å². The van der Waals surface area contributed by atoms with Crippen molar-refractivity contribution >= 4 is 0 Å². The van der Waals surface area contributed by atoms with Crippen LogP contribution < -0.4 is 5.32 Å². The van der Waals surface area contributed by atoms with Crippen molar-refractivity contribution in [1.29, 1.82) is 0 Å². The van der Waals surface area contributed by atoms with E-state index >= 15 is 0 Å². The first-order valence-corrected chi connectivity index (χ1v) is 6.87. The van der Waals surface area contributed by atoms with E-state index in [4.69, 9.17) is 0 Å². The maximum absolute atomic E-state index is 9.92. The van der Waals surface area contributed by atoms with Gasteiger partial charge in [-0.3, -0.25) is 0 Å². The molecule has 1 aromatic rings. The van der Waals surface area contributed by atoms with E-state index in [-0.39, 0.29) is 12.1 Å². The predicted molar refractivity (Wildman–Crippen MR) is 72.7 cm³/mol. The number of aromatic hydroxyl groups is 1. The third kappa shape index (κ3) is 3.72. The summed E-state index contributed by atoms with van der Waals surface area (Å²) in [6.45, 7) is 2.15. The van der Waals surface area contributed by atoms with Crippen LogP contribution in [0.3, 0.4) is 0 Å². The number of hydrogen-bond donors (Lipinski definition) is 3. The highest BCUT2D eigenvalue weighted by molar-refractivity contribution is 5.26. The van der Waals surface area contributed by atoms with Gasteiger partial charge in [-0.1, -0.05) is 25.0 Å². The molecule has 1 aliphatic rings. The van der Waals surface area contributed by atoms with Gasteiger partial charge >= 0.3 is 0 Å². The average Bonchev–Trinajstić information content (AvgIpc) is 2.35. The Morgan fingerprint density at radius 3 is 2.56 bits per heavy atom. The Morgan fingerprint density at radius 1 is 1.22 bits per heavy atom. The molecule has 3 nitrogen and oxygen atoms in total. The molecule has 0 spiro atoms. The molecular formula is C15H23NO2. The molecule has 2 rings (SSSR count). The van der Waals surface area contributed by atoms with Crippen molar-refractivity contribution in [2.75, 3.05) is 0 Å². The normalized spacial score (nSPS) is 25.9. The van der Waals surface area contributed by atoms with Crippen molar-refractivity contribution in [1.82, 2.24) is 5.32 Å². The Balaban J connectivity index is 1.84. The van der Waals surface area contributed by atoms with Gasteiger partial charge in [-0.05, 0) is 43.9 Å². The molecule has 0 saturated heterocycles. The van der Waals surface area contributed by atoms with E-state index in [9.17, 15) is 10.2 Å². The summed E-state index contributed by atoms with van der Waals surface area (Å²) in [6.07, 6.45) is 5.07. The van der Waals surface area contributed by atoms with E-state index in [0.717, 1.165) is 25.7 Å². The fourth-order valence-corrected chi connectivity index (χ4v) is 2.72. The highest BCUT2D eigenvalue weighted by Gasteiger charge is 2.23. The Morgan fingerprint density at radius 2 is 1.89 bits per heavy atom. The minimum atomic E-state index is -0.194. The number of hydrogen-bond acceptors (Lipinski definition) is 3. The first kappa shape index (κ1) is 13.4. The van der Waals surface area contributed by atoms with Crippen LogP contribution in [0.5, 0.6) is 5.75 Å². The van der Waals surface area contributed by atoms with Gasteiger partial charge < -0.3 is 15.5 Å². The molecule has 0 aromatic heterocycles. The number of rotatable bonds is 4. The Bertz CT molecular complexity index is 363. The van der Waals surface area contributed by atoms with Crippen LogP contribution in [0.15, 0.2) is 24.3 Å². The molecule has 0 bridgehead atoms. The predicted octanol–water partition coefficient (Wildman–Crippen LogP) is 2.22. The molecule has 18 heavy (non-hydrogen) atoms. The van der Waals surface area contributed by atoms with Gasteiger partial charge in [-0.25, -0.2) is 0 Å². The molecule has 1 aliphatic carbocycles. The highest BCUT2D eigenvalue weighted by atomic mass is 16.3. The molecule has 3 heteroatoms. The first-order chi connectivity index (χ1) is 8.65. The van der Waals surface area contributed by atoms with E-state index in [1.807, 2.05) is 12.1 Å². The van der Waals surface area contributed by atoms with Gasteiger partial charge in [0.05, 0.1) is 6.10 Å². The van der Waals surface area contributed by atoms with Gasteiger partial charge in [-0.2, -0.15) is 0 Å². The molecule has 1 fully saturated rings. The lowest BCUT2D eigenvalue weighted by Gasteiger charge is -2.31. The second-order valence-electron chi connectivity index (χ2n) is 5.40. The largest absolute Gasteiger partial charge is 0.508 e. The van der Waals surface area contributed by atoms with Gasteiger partial charge in [0.25, 0.3) is 0 Å². The molecule has 1 saturated carbocycles. The van der Waals surface area contributed by atoms with Crippen LogP contribution in [-0.4, -0.2) is 28.4 Å². The molecule has 0 radical (unpaired) electrons. The van der Waals surface area contributed by atoms with Crippen LogP contribution in [0.25, 0.3) is 0 Å². The minimum absolute atomic E-state index is 0.194. The standard InChI is InChI=1S/C15H23NO2/c1-11(10-12-6-8-13(17)9-7-12)16-14-4-2-3-5-15(14)18/h6-9,11,14-18H,2-5,10H2,1H3. The smallest absolute Gasteiger partial charge is 0.115 e. The van der Waals surface area contributed by atoms with Gasteiger partial charge in [0, 0.05) is 12.1 Å². The SMILES string of the molecule is CC(Cc1ccc(O)cc1)NC1CCCCC1O. The number of nitrogens with one attached hydrogen (secondary N) is 1. The maximum atomic E-state index is 9.92. The number of phenols is 1. The first-order valence-electron chi connectivity index (χ1n) is 6.87. The summed E-state index contributed by atoms with van der Waals surface area (Å²) in [5.41, 5.74) is 1.21. The summed E-state index contributed by atoms with van der Waals surface area (Å²) in [5, 5.41) is 22.7. The number of phenolic OH excluding ortho intramolecular Hbond substituents is 1. The molecule has 0 amide bonds. The monoisotopic (exact) mass is 249 g/mol. The van der Waals surface area contributed by atoms with Crippen molar-refractivity contribution in [2.45, 2.75) is 57.2 Å². The van der Waals surface area contributed by atoms with Gasteiger partial charge in [-0.15, -0.1) is 0 Å². The summed E-state index contributed by atoms with van der Waals surface area (Å²) < 4.78 is 0. The molecule has 1 aromatic carbocycles. The lowest BCUT2D eigenvalue weighted by atomic mass is 9.91. The molecule has 0 heterocycles. The van der Waals surface area contributed by atoms with Gasteiger partial charge in [0.15, 0.2) is 0 Å². The second-order valence-corrected chi connectivity index (χ2v) is 5.40. The zero-order chi connectivity index (χ0) is 13.0. The van der Waals surface area contributed by atoms with Gasteiger partial charge in [0.2, 0.25) is 0 Å². The van der Waals surface area contributed by atoms with Crippen LogP contribution in [0.1, 0.15) is 38.2 Å². The van der Waals surface area contributed by atoms with Crippen LogP contribution in [0.4, 0.5) is 0 Å². The minimum Gasteiger partial charge on any atom is -0.508 e. The van der Waals surface area contributed by atoms with Crippen molar-refractivity contribution in [3.8, 4) is 5.75 Å². The third-order valence-corrected chi connectivity index (χ3v) is 3.71. The van der Waals surface area contributed by atoms with E-state index in [1.165, 1.54) is 12.0 Å². The Hall–Kier alpha value is -1.06. The molecular weight excluding hydrogens is 226 g/mol. The quantitative estimate of drug-likeness (QED) is 0.767. The van der Waals surface area contributed by atoms with Crippen LogP contribution in [-0.2, 0) is 6.42 Å². The van der Waals surface area contributed by atoms with E-state index in [0.29, 0.717) is 11.8 Å². The maximum Gasteiger partial charge on any atom is 0.115 e. The Kier molecular flexibility index (Phi) is 4.61. The van der Waals surface area contributed by atoms with Crippen molar-refractivity contribution in [2.24, 2.45) is 0 Å². The third-order valence-electron chi connectivity index (χ3n) is 3.71. The van der Waals surface area contributed by atoms with Crippen LogP contribution in [0, 0.1) is 0 Å². The molecule has 100 valence electrons. The zero-order valence-electron chi connectivity index (χ0n) is 11.0. The van der Waals surface area contributed by atoms with Crippen molar-refractivity contribution in [3.63, 3.8) is 0 Å². The fraction of sp³-hybridized carbons (Fsp3) is 0.600. The molecule has 0 aliphatic heterocycles. The molecule has 3 N–H and O–H groups in total. The number of aliphatic hydroxyl groups is 1. The van der Waals surface area contributed by atoms with Gasteiger partial charge in [0.1, 0.15) is 5.75 Å². The fourth-order valence-electron chi connectivity index (χ4n) is 2.72.